The Bertz CT molecular complexity index is 1010. The smallest absolute Gasteiger partial charge is 0.182 e. The van der Waals surface area contributed by atoms with E-state index < -0.39 is 15.1 Å². The maximum absolute atomic E-state index is 13.9. The second-order valence-electron chi connectivity index (χ2n) is 11.3. The maximum atomic E-state index is 13.9. The molecule has 1 aliphatic carbocycles. The molecule has 2 aliphatic rings. The Morgan fingerprint density at radius 2 is 1.89 bits per heavy atom. The van der Waals surface area contributed by atoms with Gasteiger partial charge in [-0.3, -0.25) is 0 Å². The Hall–Kier alpha value is -1.69. The van der Waals surface area contributed by atoms with Crippen molar-refractivity contribution in [2.45, 2.75) is 102 Å². The summed E-state index contributed by atoms with van der Waals surface area (Å²) >= 11 is 0. The molecule has 1 aliphatic heterocycles. The van der Waals surface area contributed by atoms with E-state index in [0.717, 1.165) is 62.7 Å². The summed E-state index contributed by atoms with van der Waals surface area (Å²) < 4.78 is 39.3. The van der Waals surface area contributed by atoms with Gasteiger partial charge in [0.2, 0.25) is 0 Å². The molecule has 4 nitrogen and oxygen atoms in total. The van der Waals surface area contributed by atoms with Gasteiger partial charge >= 0.3 is 0 Å². The number of allylic oxidation sites excluding steroid dienone is 4. The SMILES string of the molecule is C=C1CCCC(C)(C)[C@H]1C(C/C(C)=C/CC/C(C)=C/COC1CCCCO1)S(=O)(=O)c1ccccc1. The third-order valence-electron chi connectivity index (χ3n) is 7.85. The standard InChI is InChI=1S/C31H46O4S/c1-24(19-22-35-29-18-9-10-21-34-29)13-11-14-25(2)23-28(30-26(3)15-12-20-31(30,4)5)36(32,33)27-16-7-6-8-17-27/h6-8,14,16-17,19,28-30H,3,9-13,15,18,20-23H2,1-2,4-5H3/b24-19+,25-14+/t28?,29?,30-/m1/s1. The van der Waals surface area contributed by atoms with Gasteiger partial charge in [0.05, 0.1) is 16.8 Å². The lowest BCUT2D eigenvalue weighted by atomic mass is 9.64. The average molecular weight is 515 g/mol. The molecule has 200 valence electrons. The highest BCUT2D eigenvalue weighted by Gasteiger charge is 2.45. The fraction of sp³-hybridized carbons (Fsp3) is 0.613. The summed E-state index contributed by atoms with van der Waals surface area (Å²) in [5.74, 6) is -0.0550. The molecule has 1 heterocycles. The minimum atomic E-state index is -3.51. The fourth-order valence-electron chi connectivity index (χ4n) is 5.78. The second kappa shape index (κ2) is 13.2. The summed E-state index contributed by atoms with van der Waals surface area (Å²) in [6, 6.07) is 8.95. The molecule has 0 spiro atoms. The molecule has 0 aromatic heterocycles. The average Bonchev–Trinajstić information content (AvgIpc) is 2.84. The van der Waals surface area contributed by atoms with Crippen molar-refractivity contribution in [1.29, 1.82) is 0 Å². The first-order valence-electron chi connectivity index (χ1n) is 13.6. The van der Waals surface area contributed by atoms with E-state index in [-0.39, 0.29) is 17.6 Å². The van der Waals surface area contributed by atoms with E-state index >= 15 is 0 Å². The van der Waals surface area contributed by atoms with Crippen LogP contribution in [0.4, 0.5) is 0 Å². The molecular formula is C31H46O4S. The molecule has 1 aromatic carbocycles. The van der Waals surface area contributed by atoms with Crippen LogP contribution in [0.25, 0.3) is 0 Å². The number of sulfone groups is 1. The van der Waals surface area contributed by atoms with Crippen molar-refractivity contribution in [3.8, 4) is 0 Å². The van der Waals surface area contributed by atoms with Crippen LogP contribution in [-0.4, -0.2) is 33.2 Å². The van der Waals surface area contributed by atoms with E-state index in [1.165, 1.54) is 12.0 Å². The van der Waals surface area contributed by atoms with Crippen LogP contribution >= 0.6 is 0 Å². The zero-order valence-electron chi connectivity index (χ0n) is 22.8. The first kappa shape index (κ1) is 28.9. The Balaban J connectivity index is 1.68. The van der Waals surface area contributed by atoms with Crippen LogP contribution in [0.3, 0.4) is 0 Å². The van der Waals surface area contributed by atoms with Gasteiger partial charge in [-0.2, -0.15) is 0 Å². The number of hydrogen-bond acceptors (Lipinski definition) is 4. The molecule has 3 rings (SSSR count). The zero-order chi connectivity index (χ0) is 26.2. The van der Waals surface area contributed by atoms with Crippen LogP contribution < -0.4 is 0 Å². The Morgan fingerprint density at radius 1 is 1.14 bits per heavy atom. The second-order valence-corrected chi connectivity index (χ2v) is 13.5. The minimum Gasteiger partial charge on any atom is -0.353 e. The quantitative estimate of drug-likeness (QED) is 0.283. The highest BCUT2D eigenvalue weighted by Crippen LogP contribution is 2.48. The lowest BCUT2D eigenvalue weighted by Crippen LogP contribution is -2.42. The molecule has 0 radical (unpaired) electrons. The molecule has 0 amide bonds. The summed E-state index contributed by atoms with van der Waals surface area (Å²) in [5, 5.41) is -0.500. The van der Waals surface area contributed by atoms with Crippen LogP contribution in [0.2, 0.25) is 0 Å². The van der Waals surface area contributed by atoms with Crippen LogP contribution in [0.1, 0.15) is 85.5 Å². The predicted molar refractivity (Wildman–Crippen MR) is 149 cm³/mol. The van der Waals surface area contributed by atoms with Crippen LogP contribution in [0, 0.1) is 11.3 Å². The Labute approximate surface area is 219 Å². The van der Waals surface area contributed by atoms with Crippen molar-refractivity contribution in [3.63, 3.8) is 0 Å². The Morgan fingerprint density at radius 3 is 2.56 bits per heavy atom. The van der Waals surface area contributed by atoms with Crippen molar-refractivity contribution in [2.24, 2.45) is 11.3 Å². The summed E-state index contributed by atoms with van der Waals surface area (Å²) in [7, 11) is -3.51. The van der Waals surface area contributed by atoms with Crippen LogP contribution in [0.15, 0.2) is 70.7 Å². The predicted octanol–water partition coefficient (Wildman–Crippen LogP) is 7.82. The molecule has 36 heavy (non-hydrogen) atoms. The fourth-order valence-corrected chi connectivity index (χ4v) is 8.07. The topological polar surface area (TPSA) is 52.6 Å². The number of ether oxygens (including phenoxy) is 2. The van der Waals surface area contributed by atoms with Gasteiger partial charge in [0.15, 0.2) is 16.1 Å². The molecule has 0 bridgehead atoms. The molecule has 2 fully saturated rings. The summed E-state index contributed by atoms with van der Waals surface area (Å²) in [5.41, 5.74) is 3.41. The monoisotopic (exact) mass is 514 g/mol. The van der Waals surface area contributed by atoms with Crippen molar-refractivity contribution in [3.05, 3.63) is 65.8 Å². The summed E-state index contributed by atoms with van der Waals surface area (Å²) in [4.78, 5) is 0.415. The van der Waals surface area contributed by atoms with Gasteiger partial charge in [-0.1, -0.05) is 67.5 Å². The molecule has 0 N–H and O–H groups in total. The maximum Gasteiger partial charge on any atom is 0.182 e. The summed E-state index contributed by atoms with van der Waals surface area (Å²) in [6.07, 6.45) is 12.9. The van der Waals surface area contributed by atoms with Crippen LogP contribution in [0.5, 0.6) is 0 Å². The molecule has 1 aromatic rings. The molecule has 3 atom stereocenters. The molecule has 1 saturated carbocycles. The van der Waals surface area contributed by atoms with E-state index in [2.05, 4.69) is 46.4 Å². The first-order chi connectivity index (χ1) is 17.1. The normalized spacial score (nSPS) is 24.5. The lowest BCUT2D eigenvalue weighted by molar-refractivity contribution is -0.155. The third kappa shape index (κ3) is 7.90. The lowest BCUT2D eigenvalue weighted by Gasteiger charge is -2.44. The van der Waals surface area contributed by atoms with Gasteiger partial charge in [-0.25, -0.2) is 8.42 Å². The van der Waals surface area contributed by atoms with E-state index in [1.807, 2.05) is 18.2 Å². The van der Waals surface area contributed by atoms with Gasteiger partial charge < -0.3 is 9.47 Å². The third-order valence-corrected chi connectivity index (χ3v) is 10.0. The van der Waals surface area contributed by atoms with Crippen LogP contribution in [-0.2, 0) is 19.3 Å². The summed E-state index contributed by atoms with van der Waals surface area (Å²) in [6.45, 7) is 14.4. The van der Waals surface area contributed by atoms with E-state index in [0.29, 0.717) is 17.9 Å². The largest absolute Gasteiger partial charge is 0.353 e. The number of hydrogen-bond donors (Lipinski definition) is 0. The van der Waals surface area contributed by atoms with Crippen molar-refractivity contribution >= 4 is 9.84 Å². The molecular weight excluding hydrogens is 468 g/mol. The van der Waals surface area contributed by atoms with Gasteiger partial charge in [0.1, 0.15) is 0 Å². The van der Waals surface area contributed by atoms with Crippen molar-refractivity contribution in [2.75, 3.05) is 13.2 Å². The van der Waals surface area contributed by atoms with Gasteiger partial charge in [-0.05, 0) is 89.2 Å². The van der Waals surface area contributed by atoms with E-state index in [1.54, 1.807) is 12.1 Å². The van der Waals surface area contributed by atoms with E-state index in [4.69, 9.17) is 9.47 Å². The van der Waals surface area contributed by atoms with Gasteiger partial charge in [0.25, 0.3) is 0 Å². The zero-order valence-corrected chi connectivity index (χ0v) is 23.6. The highest BCUT2D eigenvalue weighted by atomic mass is 32.2. The first-order valence-corrected chi connectivity index (χ1v) is 15.2. The molecule has 5 heteroatoms. The van der Waals surface area contributed by atoms with Gasteiger partial charge in [-0.15, -0.1) is 0 Å². The number of benzene rings is 1. The van der Waals surface area contributed by atoms with Gasteiger partial charge in [0, 0.05) is 12.5 Å². The molecule has 2 unspecified atom stereocenters. The Kier molecular flexibility index (Phi) is 10.6. The van der Waals surface area contributed by atoms with Crippen molar-refractivity contribution < 1.29 is 17.9 Å². The van der Waals surface area contributed by atoms with Crippen molar-refractivity contribution in [1.82, 2.24) is 0 Å². The number of rotatable bonds is 11. The highest BCUT2D eigenvalue weighted by molar-refractivity contribution is 7.92. The van der Waals surface area contributed by atoms with E-state index in [9.17, 15) is 8.42 Å². The molecule has 1 saturated heterocycles. The minimum absolute atomic E-state index is 0.0550.